The third kappa shape index (κ3) is 1.68. The second kappa shape index (κ2) is 4.10. The highest BCUT2D eigenvalue weighted by Gasteiger charge is 2.13. The molecular formula is C13H14N4O2. The number of carbonyl (C=O) groups is 1. The lowest BCUT2D eigenvalue weighted by Gasteiger charge is -1.99. The van der Waals surface area contributed by atoms with Gasteiger partial charge in [-0.25, -0.2) is 9.78 Å². The standard InChI is InChI=1S/C13H14N4O2/c1-14-6-9-7-17-11-5-8(12(18)19)3-4-10(11)15-13(17)16(9)2/h3-5,7,14H,6H2,1-2H3,(H,18,19). The van der Waals surface area contributed by atoms with Gasteiger partial charge in [0.05, 0.1) is 22.3 Å². The molecule has 0 saturated carbocycles. The number of benzene rings is 1. The van der Waals surface area contributed by atoms with Crippen molar-refractivity contribution in [2.45, 2.75) is 6.54 Å². The molecule has 98 valence electrons. The van der Waals surface area contributed by atoms with Crippen molar-refractivity contribution in [1.29, 1.82) is 0 Å². The van der Waals surface area contributed by atoms with E-state index in [9.17, 15) is 4.79 Å². The molecule has 0 aliphatic carbocycles. The highest BCUT2D eigenvalue weighted by molar-refractivity contribution is 5.93. The van der Waals surface area contributed by atoms with Gasteiger partial charge in [-0.3, -0.25) is 4.40 Å². The third-order valence-electron chi connectivity index (χ3n) is 3.28. The van der Waals surface area contributed by atoms with Crippen molar-refractivity contribution in [1.82, 2.24) is 19.3 Å². The number of aromatic carboxylic acids is 1. The van der Waals surface area contributed by atoms with Crippen LogP contribution in [0, 0.1) is 0 Å². The predicted molar refractivity (Wildman–Crippen MR) is 71.4 cm³/mol. The molecule has 0 fully saturated rings. The first-order valence-electron chi connectivity index (χ1n) is 5.96. The zero-order valence-corrected chi connectivity index (χ0v) is 10.7. The van der Waals surface area contributed by atoms with Crippen LogP contribution < -0.4 is 5.32 Å². The van der Waals surface area contributed by atoms with E-state index in [2.05, 4.69) is 10.3 Å². The summed E-state index contributed by atoms with van der Waals surface area (Å²) in [6.07, 6.45) is 1.98. The number of fused-ring (bicyclic) bond motifs is 3. The van der Waals surface area contributed by atoms with Gasteiger partial charge in [-0.1, -0.05) is 0 Å². The van der Waals surface area contributed by atoms with E-state index in [1.807, 2.05) is 29.3 Å². The smallest absolute Gasteiger partial charge is 0.335 e. The third-order valence-corrected chi connectivity index (χ3v) is 3.28. The molecule has 0 radical (unpaired) electrons. The van der Waals surface area contributed by atoms with Crippen molar-refractivity contribution < 1.29 is 9.90 Å². The zero-order valence-electron chi connectivity index (χ0n) is 10.7. The molecule has 0 atom stereocenters. The molecule has 0 unspecified atom stereocenters. The quantitative estimate of drug-likeness (QED) is 0.741. The maximum atomic E-state index is 11.0. The fourth-order valence-corrected chi connectivity index (χ4v) is 2.29. The topological polar surface area (TPSA) is 71.6 Å². The minimum atomic E-state index is -0.928. The molecule has 2 N–H and O–H groups in total. The maximum absolute atomic E-state index is 11.0. The molecular weight excluding hydrogens is 244 g/mol. The predicted octanol–water partition coefficient (Wildman–Crippen LogP) is 1.24. The molecule has 19 heavy (non-hydrogen) atoms. The fourth-order valence-electron chi connectivity index (χ4n) is 2.29. The number of aryl methyl sites for hydroxylation is 1. The molecule has 6 heteroatoms. The van der Waals surface area contributed by atoms with E-state index in [1.165, 1.54) is 0 Å². The number of aromatic nitrogens is 3. The molecule has 3 rings (SSSR count). The van der Waals surface area contributed by atoms with Crippen molar-refractivity contribution in [3.63, 3.8) is 0 Å². The van der Waals surface area contributed by atoms with E-state index >= 15 is 0 Å². The van der Waals surface area contributed by atoms with Crippen LogP contribution in [0.1, 0.15) is 16.1 Å². The van der Waals surface area contributed by atoms with E-state index in [-0.39, 0.29) is 5.56 Å². The average molecular weight is 258 g/mol. The van der Waals surface area contributed by atoms with Crippen molar-refractivity contribution >= 4 is 22.8 Å². The normalized spacial score (nSPS) is 11.5. The summed E-state index contributed by atoms with van der Waals surface area (Å²) in [7, 11) is 3.84. The van der Waals surface area contributed by atoms with E-state index < -0.39 is 5.97 Å². The zero-order chi connectivity index (χ0) is 13.6. The van der Waals surface area contributed by atoms with Gasteiger partial charge in [0, 0.05) is 19.8 Å². The molecule has 0 aliphatic heterocycles. The summed E-state index contributed by atoms with van der Waals surface area (Å²) in [6, 6.07) is 4.97. The largest absolute Gasteiger partial charge is 0.478 e. The molecule has 2 aromatic heterocycles. The second-order valence-electron chi connectivity index (χ2n) is 4.50. The van der Waals surface area contributed by atoms with Gasteiger partial charge in [0.25, 0.3) is 0 Å². The number of hydrogen-bond donors (Lipinski definition) is 2. The van der Waals surface area contributed by atoms with Gasteiger partial charge in [0.1, 0.15) is 0 Å². The lowest BCUT2D eigenvalue weighted by Crippen LogP contribution is -2.08. The summed E-state index contributed by atoms with van der Waals surface area (Å²) < 4.78 is 3.92. The van der Waals surface area contributed by atoms with Crippen LogP contribution >= 0.6 is 0 Å². The number of nitrogens with zero attached hydrogens (tertiary/aromatic N) is 3. The van der Waals surface area contributed by atoms with Crippen molar-refractivity contribution in [3.8, 4) is 0 Å². The Hall–Kier alpha value is -2.34. The SMILES string of the molecule is CNCc1cn2c3cc(C(=O)O)ccc3nc2n1C. The highest BCUT2D eigenvalue weighted by atomic mass is 16.4. The van der Waals surface area contributed by atoms with Crippen LogP contribution in [0.2, 0.25) is 0 Å². The molecule has 3 aromatic rings. The van der Waals surface area contributed by atoms with Crippen LogP contribution in [0.15, 0.2) is 24.4 Å². The van der Waals surface area contributed by atoms with E-state index in [0.717, 1.165) is 29.0 Å². The first-order valence-corrected chi connectivity index (χ1v) is 5.96. The molecule has 0 saturated heterocycles. The Bertz CT molecular complexity index is 785. The van der Waals surface area contributed by atoms with Crippen LogP contribution in [0.3, 0.4) is 0 Å². The fraction of sp³-hybridized carbons (Fsp3) is 0.231. The van der Waals surface area contributed by atoms with E-state index in [1.54, 1.807) is 18.2 Å². The van der Waals surface area contributed by atoms with Crippen molar-refractivity contribution in [2.24, 2.45) is 7.05 Å². The molecule has 0 aliphatic rings. The number of rotatable bonds is 3. The average Bonchev–Trinajstić information content (AvgIpc) is 2.88. The number of nitrogens with one attached hydrogen (secondary N) is 1. The monoisotopic (exact) mass is 258 g/mol. The van der Waals surface area contributed by atoms with Crippen LogP contribution in [-0.2, 0) is 13.6 Å². The highest BCUT2D eigenvalue weighted by Crippen LogP contribution is 2.20. The van der Waals surface area contributed by atoms with Crippen molar-refractivity contribution in [2.75, 3.05) is 7.05 Å². The molecule has 0 bridgehead atoms. The van der Waals surface area contributed by atoms with Gasteiger partial charge < -0.3 is 15.0 Å². The van der Waals surface area contributed by atoms with Crippen LogP contribution in [0.5, 0.6) is 0 Å². The van der Waals surface area contributed by atoms with Crippen LogP contribution in [0.25, 0.3) is 16.8 Å². The van der Waals surface area contributed by atoms with Crippen molar-refractivity contribution in [3.05, 3.63) is 35.7 Å². The number of imidazole rings is 2. The Morgan fingerprint density at radius 2 is 2.26 bits per heavy atom. The lowest BCUT2D eigenvalue weighted by molar-refractivity contribution is 0.0697. The molecule has 2 heterocycles. The van der Waals surface area contributed by atoms with Gasteiger partial charge in [-0.15, -0.1) is 0 Å². The Labute approximate surface area is 109 Å². The number of carboxylic acids is 1. The molecule has 0 amide bonds. The van der Waals surface area contributed by atoms with Crippen LogP contribution in [-0.4, -0.2) is 32.1 Å². The summed E-state index contributed by atoms with van der Waals surface area (Å²) >= 11 is 0. The summed E-state index contributed by atoms with van der Waals surface area (Å²) in [6.45, 7) is 0.736. The minimum Gasteiger partial charge on any atom is -0.478 e. The van der Waals surface area contributed by atoms with Gasteiger partial charge in [0.2, 0.25) is 5.78 Å². The van der Waals surface area contributed by atoms with Crippen LogP contribution in [0.4, 0.5) is 0 Å². The Balaban J connectivity index is 2.30. The first-order chi connectivity index (χ1) is 9.11. The Kier molecular flexibility index (Phi) is 2.53. The van der Waals surface area contributed by atoms with E-state index in [0.29, 0.717) is 0 Å². The maximum Gasteiger partial charge on any atom is 0.335 e. The summed E-state index contributed by atoms with van der Waals surface area (Å²) in [5.74, 6) is -0.119. The van der Waals surface area contributed by atoms with Gasteiger partial charge in [0.15, 0.2) is 0 Å². The second-order valence-corrected chi connectivity index (χ2v) is 4.50. The Morgan fingerprint density at radius 3 is 2.95 bits per heavy atom. The molecule has 0 spiro atoms. The molecule has 1 aromatic carbocycles. The van der Waals surface area contributed by atoms with Gasteiger partial charge in [-0.2, -0.15) is 0 Å². The van der Waals surface area contributed by atoms with Gasteiger partial charge in [-0.05, 0) is 25.2 Å². The summed E-state index contributed by atoms with van der Waals surface area (Å²) in [5.41, 5.74) is 2.97. The minimum absolute atomic E-state index is 0.272. The number of carboxylic acid groups (broad SMARTS) is 1. The lowest BCUT2D eigenvalue weighted by atomic mass is 10.2. The first kappa shape index (κ1) is 11.7. The summed E-state index contributed by atoms with van der Waals surface area (Å²) in [5, 5.41) is 12.2. The molecule has 6 nitrogen and oxygen atoms in total. The number of hydrogen-bond acceptors (Lipinski definition) is 3. The summed E-state index contributed by atoms with van der Waals surface area (Å²) in [4.78, 5) is 15.6. The van der Waals surface area contributed by atoms with E-state index in [4.69, 9.17) is 5.11 Å². The van der Waals surface area contributed by atoms with Gasteiger partial charge >= 0.3 is 5.97 Å². The Morgan fingerprint density at radius 1 is 1.47 bits per heavy atom.